The summed E-state index contributed by atoms with van der Waals surface area (Å²) in [6.07, 6.45) is 0.144. The topological polar surface area (TPSA) is 17.1 Å². The summed E-state index contributed by atoms with van der Waals surface area (Å²) in [6.45, 7) is 0. The van der Waals surface area contributed by atoms with Crippen LogP contribution in [0.3, 0.4) is 0 Å². The van der Waals surface area contributed by atoms with Gasteiger partial charge in [0.15, 0.2) is 0 Å². The molecule has 0 aromatic carbocycles. The molecule has 0 heterocycles. The third-order valence-electron chi connectivity index (χ3n) is 0.377. The Morgan fingerprint density at radius 2 is 2.33 bits per heavy atom. The van der Waals surface area contributed by atoms with Crippen LogP contribution in [0.1, 0.15) is 0 Å². The van der Waals surface area contributed by atoms with Gasteiger partial charge in [0.25, 0.3) is 0 Å². The Bertz CT molecular complexity index is 48.8. The first-order valence-corrected chi connectivity index (χ1v) is 2.71. The first-order valence-electron chi connectivity index (χ1n) is 1.59. The fraction of sp³-hybridized carbons (Fsp3) is 0.667. The third kappa shape index (κ3) is 2.45. The molecule has 0 aliphatic rings. The summed E-state index contributed by atoms with van der Waals surface area (Å²) >= 11 is 2.95. The van der Waals surface area contributed by atoms with Crippen LogP contribution in [0.15, 0.2) is 0 Å². The van der Waals surface area contributed by atoms with E-state index >= 15 is 0 Å². The number of carbonyl (C=O) groups excluding carboxylic acids is 1. The van der Waals surface area contributed by atoms with Gasteiger partial charge >= 0.3 is 0 Å². The van der Waals surface area contributed by atoms with E-state index in [1.807, 2.05) is 0 Å². The highest BCUT2D eigenvalue weighted by Gasteiger charge is 1.88. The van der Waals surface area contributed by atoms with Gasteiger partial charge in [-0.2, -0.15) is 0 Å². The quantitative estimate of drug-likeness (QED) is 0.411. The summed E-state index contributed by atoms with van der Waals surface area (Å²) in [6, 6.07) is 0. The number of halogens is 1. The molecule has 0 N–H and O–H groups in total. The average molecular weight is 147 g/mol. The predicted molar refractivity (Wildman–Crippen MR) is 29.4 cm³/mol. The van der Waals surface area contributed by atoms with E-state index in [-0.39, 0.29) is 12.1 Å². The summed E-state index contributed by atoms with van der Waals surface area (Å²) in [5, 5.41) is 0.378. The van der Waals surface area contributed by atoms with Gasteiger partial charge in [0, 0.05) is 0 Å². The number of carbonyl (C=O) groups is 1. The molecule has 3 heteroatoms. The Morgan fingerprint density at radius 1 is 1.83 bits per heavy atom. The van der Waals surface area contributed by atoms with Crippen molar-refractivity contribution in [1.82, 2.24) is 0 Å². The minimum absolute atomic E-state index is 0.0370. The van der Waals surface area contributed by atoms with E-state index in [0.717, 1.165) is 0 Å². The van der Waals surface area contributed by atoms with Gasteiger partial charge in [-0.3, -0.25) is 4.79 Å². The molecule has 32 valence electrons. The van der Waals surface area contributed by atoms with E-state index in [9.17, 15) is 4.79 Å². The maximum absolute atomic E-state index is 10.0. The van der Waals surface area contributed by atoms with Crippen molar-refractivity contribution in [2.24, 2.45) is 0 Å². The molecule has 0 aromatic heterocycles. The highest BCUT2D eigenvalue weighted by molar-refractivity contribution is 9.09. The van der Waals surface area contributed by atoms with Crippen LogP contribution < -0.4 is 0 Å². The zero-order valence-electron chi connectivity index (χ0n) is 3.28. The van der Waals surface area contributed by atoms with Crippen molar-refractivity contribution in [2.45, 2.75) is 6.32 Å². The Kier molecular flexibility index (Phi) is 3.53. The van der Waals surface area contributed by atoms with Gasteiger partial charge in [-0.1, -0.05) is 15.9 Å². The molecule has 0 amide bonds. The Balaban J connectivity index is 2.99. The van der Waals surface area contributed by atoms with Crippen LogP contribution in [0.2, 0.25) is 6.32 Å². The predicted octanol–water partition coefficient (Wildman–Crippen LogP) is 0.537. The minimum atomic E-state index is 0.0370. The molecule has 0 unspecified atom stereocenters. The summed E-state index contributed by atoms with van der Waals surface area (Å²) in [5.41, 5.74) is 0. The Labute approximate surface area is 46.6 Å². The van der Waals surface area contributed by atoms with Crippen molar-refractivity contribution in [3.8, 4) is 0 Å². The van der Waals surface area contributed by atoms with Gasteiger partial charge in [0.05, 0.1) is 13.2 Å². The summed E-state index contributed by atoms with van der Waals surface area (Å²) < 4.78 is 0. The molecule has 0 bridgehead atoms. The van der Waals surface area contributed by atoms with E-state index in [0.29, 0.717) is 5.33 Å². The average Bonchev–Trinajstić information content (AvgIpc) is 1.65. The lowest BCUT2D eigenvalue weighted by molar-refractivity contribution is -0.114. The van der Waals surface area contributed by atoms with E-state index in [1.54, 1.807) is 0 Å². The maximum atomic E-state index is 10.0. The van der Waals surface area contributed by atoms with Crippen molar-refractivity contribution in [3.05, 3.63) is 0 Å². The standard InChI is InChI=1S/C3H4BBrO/c4-1-3(6)2-5/h1-2H2. The van der Waals surface area contributed by atoms with E-state index in [4.69, 9.17) is 7.85 Å². The maximum Gasteiger partial charge on any atom is 0.134 e. The van der Waals surface area contributed by atoms with Crippen LogP contribution in [0.5, 0.6) is 0 Å². The lowest BCUT2D eigenvalue weighted by Crippen LogP contribution is -1.94. The molecule has 0 fully saturated rings. The number of hydrogen-bond acceptors (Lipinski definition) is 1. The molecule has 0 aromatic rings. The fourth-order valence-electron chi connectivity index (χ4n) is 0.0546. The molecule has 0 saturated carbocycles. The molecule has 1 nitrogen and oxygen atoms in total. The van der Waals surface area contributed by atoms with Crippen molar-refractivity contribution >= 4 is 29.6 Å². The SMILES string of the molecule is [B]CC(=O)CBr. The van der Waals surface area contributed by atoms with Gasteiger partial charge in [-0.05, 0) is 6.32 Å². The first-order chi connectivity index (χ1) is 2.81. The van der Waals surface area contributed by atoms with Crippen LogP contribution in [0.25, 0.3) is 0 Å². The Morgan fingerprint density at radius 3 is 2.33 bits per heavy atom. The second-order valence-electron chi connectivity index (χ2n) is 0.876. The van der Waals surface area contributed by atoms with Crippen LogP contribution >= 0.6 is 15.9 Å². The summed E-state index contributed by atoms with van der Waals surface area (Å²) in [5.74, 6) is 0.0370. The molecule has 0 atom stereocenters. The van der Waals surface area contributed by atoms with Crippen LogP contribution in [-0.4, -0.2) is 19.0 Å². The van der Waals surface area contributed by atoms with Crippen LogP contribution in [0, 0.1) is 0 Å². The second-order valence-corrected chi connectivity index (χ2v) is 1.44. The molecule has 6 heavy (non-hydrogen) atoms. The third-order valence-corrected chi connectivity index (χ3v) is 1.00. The van der Waals surface area contributed by atoms with Crippen molar-refractivity contribution in [2.75, 3.05) is 5.33 Å². The first kappa shape index (κ1) is 6.21. The molecule has 0 aliphatic heterocycles. The minimum Gasteiger partial charge on any atom is -0.300 e. The van der Waals surface area contributed by atoms with Gasteiger partial charge in [-0.15, -0.1) is 0 Å². The van der Waals surface area contributed by atoms with E-state index < -0.39 is 0 Å². The molecule has 0 aliphatic carbocycles. The van der Waals surface area contributed by atoms with Crippen LogP contribution in [0.4, 0.5) is 0 Å². The zero-order chi connectivity index (χ0) is 4.99. The fourth-order valence-corrected chi connectivity index (χ4v) is 0.283. The van der Waals surface area contributed by atoms with E-state index in [2.05, 4.69) is 15.9 Å². The van der Waals surface area contributed by atoms with Crippen LogP contribution in [-0.2, 0) is 4.79 Å². The van der Waals surface area contributed by atoms with Gasteiger partial charge < -0.3 is 0 Å². The lowest BCUT2D eigenvalue weighted by atomic mass is 10.0. The molecule has 2 radical (unpaired) electrons. The number of hydrogen-bond donors (Lipinski definition) is 0. The van der Waals surface area contributed by atoms with E-state index in [1.165, 1.54) is 0 Å². The van der Waals surface area contributed by atoms with Gasteiger partial charge in [0.1, 0.15) is 5.78 Å². The summed E-state index contributed by atoms with van der Waals surface area (Å²) in [4.78, 5) is 10.0. The largest absolute Gasteiger partial charge is 0.300 e. The normalized spacial score (nSPS) is 8.17. The molecule has 0 spiro atoms. The monoisotopic (exact) mass is 146 g/mol. The number of Topliss-reactive ketones (excluding diaryl/α,β-unsaturated/α-hetero) is 1. The molecular weight excluding hydrogens is 143 g/mol. The second kappa shape index (κ2) is 3.41. The zero-order valence-corrected chi connectivity index (χ0v) is 4.86. The molecular formula is C3H4BBrO. The van der Waals surface area contributed by atoms with Gasteiger partial charge in [-0.25, -0.2) is 0 Å². The Hall–Kier alpha value is 0.215. The van der Waals surface area contributed by atoms with Crippen molar-refractivity contribution in [3.63, 3.8) is 0 Å². The van der Waals surface area contributed by atoms with Crippen molar-refractivity contribution < 1.29 is 4.79 Å². The molecule has 0 rings (SSSR count). The lowest BCUT2D eigenvalue weighted by Gasteiger charge is -1.80. The van der Waals surface area contributed by atoms with Crippen molar-refractivity contribution in [1.29, 1.82) is 0 Å². The highest BCUT2D eigenvalue weighted by atomic mass is 79.9. The number of rotatable bonds is 2. The highest BCUT2D eigenvalue weighted by Crippen LogP contribution is 1.83. The molecule has 0 saturated heterocycles. The number of ketones is 1. The number of alkyl halides is 1. The smallest absolute Gasteiger partial charge is 0.134 e. The summed E-state index contributed by atoms with van der Waals surface area (Å²) in [7, 11) is 4.90. The van der Waals surface area contributed by atoms with Gasteiger partial charge in [0.2, 0.25) is 0 Å².